The normalized spacial score (nSPS) is 56.8. The van der Waals surface area contributed by atoms with Crippen LogP contribution in [0.4, 0.5) is 0 Å². The number of ether oxygens (including phenoxy) is 1. The molecule has 17 heavy (non-hydrogen) atoms. The van der Waals surface area contributed by atoms with Crippen molar-refractivity contribution in [3.05, 3.63) is 12.7 Å². The fourth-order valence-electron chi connectivity index (χ4n) is 5.74. The number of rotatable bonds is 3. The van der Waals surface area contributed by atoms with Crippen molar-refractivity contribution in [1.29, 1.82) is 0 Å². The number of hydrogen-bond acceptors (Lipinski definition) is 2. The molecule has 0 saturated heterocycles. The van der Waals surface area contributed by atoms with E-state index in [1.807, 2.05) is 0 Å². The number of esters is 1. The van der Waals surface area contributed by atoms with E-state index in [0.717, 1.165) is 23.7 Å². The second-order valence-corrected chi connectivity index (χ2v) is 6.65. The van der Waals surface area contributed by atoms with E-state index < -0.39 is 0 Å². The van der Waals surface area contributed by atoms with Gasteiger partial charge in [0.05, 0.1) is 0 Å². The molecule has 4 saturated carbocycles. The summed E-state index contributed by atoms with van der Waals surface area (Å²) in [5.74, 6) is 2.93. The third-order valence-corrected chi connectivity index (χ3v) is 6.54. The standard InChI is InChI=1S/C15H20O2/c1-3-13(16)17-15(4-2)9-5-10-7-14(10)8-12(15)11(14)6-9/h3,9-12H,1,4-8H2,2H3. The van der Waals surface area contributed by atoms with Crippen LogP contribution in [0.25, 0.3) is 0 Å². The van der Waals surface area contributed by atoms with Crippen molar-refractivity contribution in [3.63, 3.8) is 0 Å². The first-order valence-corrected chi connectivity index (χ1v) is 7.01. The van der Waals surface area contributed by atoms with Crippen LogP contribution in [-0.4, -0.2) is 11.6 Å². The van der Waals surface area contributed by atoms with E-state index in [1.54, 1.807) is 0 Å². The molecule has 0 amide bonds. The first-order chi connectivity index (χ1) is 8.16. The number of carbonyl (C=O) groups excluding carboxylic acids is 1. The number of hydrogen-bond donors (Lipinski definition) is 0. The second kappa shape index (κ2) is 2.78. The lowest BCUT2D eigenvalue weighted by Crippen LogP contribution is -2.49. The molecule has 4 fully saturated rings. The zero-order valence-electron chi connectivity index (χ0n) is 10.4. The molecule has 0 heterocycles. The van der Waals surface area contributed by atoms with Crippen molar-refractivity contribution in [2.24, 2.45) is 29.1 Å². The lowest BCUT2D eigenvalue weighted by atomic mass is 9.59. The fourth-order valence-corrected chi connectivity index (χ4v) is 5.74. The summed E-state index contributed by atoms with van der Waals surface area (Å²) in [6, 6.07) is 0. The molecule has 2 bridgehead atoms. The predicted octanol–water partition coefficient (Wildman–Crippen LogP) is 2.93. The molecule has 4 aliphatic carbocycles. The third kappa shape index (κ3) is 0.937. The molecule has 2 heteroatoms. The Bertz CT molecular complexity index is 406. The largest absolute Gasteiger partial charge is 0.455 e. The first kappa shape index (κ1) is 10.2. The molecule has 0 N–H and O–H groups in total. The van der Waals surface area contributed by atoms with E-state index in [4.69, 9.17) is 4.74 Å². The predicted molar refractivity (Wildman–Crippen MR) is 64.2 cm³/mol. The molecule has 4 rings (SSSR count). The zero-order valence-corrected chi connectivity index (χ0v) is 10.4. The van der Waals surface area contributed by atoms with E-state index in [2.05, 4.69) is 13.5 Å². The highest BCUT2D eigenvalue weighted by atomic mass is 16.6. The maximum absolute atomic E-state index is 11.6. The summed E-state index contributed by atoms with van der Waals surface area (Å²) in [4.78, 5) is 11.6. The van der Waals surface area contributed by atoms with Crippen molar-refractivity contribution in [1.82, 2.24) is 0 Å². The second-order valence-electron chi connectivity index (χ2n) is 6.65. The molecule has 92 valence electrons. The summed E-state index contributed by atoms with van der Waals surface area (Å²) in [5.41, 5.74) is 0.591. The van der Waals surface area contributed by atoms with Gasteiger partial charge in [-0.1, -0.05) is 13.5 Å². The average Bonchev–Trinajstić information content (AvgIpc) is 3.02. The van der Waals surface area contributed by atoms with Crippen LogP contribution >= 0.6 is 0 Å². The summed E-state index contributed by atoms with van der Waals surface area (Å²) in [5, 5.41) is 0. The Morgan fingerprint density at radius 3 is 2.88 bits per heavy atom. The van der Waals surface area contributed by atoms with Gasteiger partial charge < -0.3 is 4.74 Å². The Morgan fingerprint density at radius 1 is 1.35 bits per heavy atom. The Morgan fingerprint density at radius 2 is 2.18 bits per heavy atom. The highest BCUT2D eigenvalue weighted by Crippen LogP contribution is 2.83. The van der Waals surface area contributed by atoms with Crippen molar-refractivity contribution in [3.8, 4) is 0 Å². The Balaban J connectivity index is 1.69. The smallest absolute Gasteiger partial charge is 0.330 e. The molecule has 6 unspecified atom stereocenters. The molecule has 0 aromatic heterocycles. The van der Waals surface area contributed by atoms with Gasteiger partial charge in [-0.05, 0) is 55.3 Å². The molecule has 0 radical (unpaired) electrons. The van der Waals surface area contributed by atoms with Crippen LogP contribution < -0.4 is 0 Å². The van der Waals surface area contributed by atoms with E-state index >= 15 is 0 Å². The van der Waals surface area contributed by atoms with Crippen LogP contribution in [-0.2, 0) is 9.53 Å². The summed E-state index contributed by atoms with van der Waals surface area (Å²) in [7, 11) is 0. The highest BCUT2D eigenvalue weighted by Gasteiger charge is 2.79. The molecular formula is C15H20O2. The van der Waals surface area contributed by atoms with Gasteiger partial charge in [-0.3, -0.25) is 0 Å². The van der Waals surface area contributed by atoms with E-state index in [9.17, 15) is 4.79 Å². The minimum absolute atomic E-state index is 0.130. The van der Waals surface area contributed by atoms with Crippen LogP contribution in [0, 0.1) is 29.1 Å². The molecule has 4 aliphatic rings. The van der Waals surface area contributed by atoms with Crippen LogP contribution in [0.1, 0.15) is 39.0 Å². The lowest BCUT2D eigenvalue weighted by molar-refractivity contribution is -0.171. The third-order valence-electron chi connectivity index (χ3n) is 6.54. The van der Waals surface area contributed by atoms with Gasteiger partial charge in [-0.2, -0.15) is 0 Å². The molecule has 0 aromatic rings. The number of fused-ring (bicyclic) bond motifs is 1. The molecule has 2 nitrogen and oxygen atoms in total. The van der Waals surface area contributed by atoms with Crippen molar-refractivity contribution >= 4 is 5.97 Å². The molecule has 6 atom stereocenters. The fraction of sp³-hybridized carbons (Fsp3) is 0.800. The van der Waals surface area contributed by atoms with Gasteiger partial charge in [-0.25, -0.2) is 4.79 Å². The van der Waals surface area contributed by atoms with Gasteiger partial charge >= 0.3 is 5.97 Å². The van der Waals surface area contributed by atoms with Gasteiger partial charge in [0.25, 0.3) is 0 Å². The van der Waals surface area contributed by atoms with Gasteiger partial charge in [0.15, 0.2) is 0 Å². The van der Waals surface area contributed by atoms with Crippen LogP contribution in [0.2, 0.25) is 0 Å². The molecule has 0 aliphatic heterocycles. The Kier molecular flexibility index (Phi) is 1.66. The topological polar surface area (TPSA) is 26.3 Å². The Labute approximate surface area is 102 Å². The van der Waals surface area contributed by atoms with Gasteiger partial charge in [0.2, 0.25) is 0 Å². The molecular weight excluding hydrogens is 212 g/mol. The minimum Gasteiger partial charge on any atom is -0.455 e. The van der Waals surface area contributed by atoms with E-state index in [1.165, 1.54) is 31.8 Å². The maximum atomic E-state index is 11.6. The first-order valence-electron chi connectivity index (χ1n) is 7.01. The SMILES string of the molecule is C=CC(=O)OC1(CC)C2CC3CC34CC1C4C2. The van der Waals surface area contributed by atoms with Gasteiger partial charge in [-0.15, -0.1) is 0 Å². The number of carbonyl (C=O) groups is 1. The quantitative estimate of drug-likeness (QED) is 0.552. The summed E-state index contributed by atoms with van der Waals surface area (Å²) >= 11 is 0. The minimum atomic E-state index is -0.214. The molecule has 1 spiro atoms. The van der Waals surface area contributed by atoms with E-state index in [0.29, 0.717) is 11.8 Å². The van der Waals surface area contributed by atoms with Gasteiger partial charge in [0.1, 0.15) is 5.60 Å². The van der Waals surface area contributed by atoms with E-state index in [-0.39, 0.29) is 11.6 Å². The Hall–Kier alpha value is -0.790. The van der Waals surface area contributed by atoms with Crippen molar-refractivity contribution in [2.45, 2.75) is 44.6 Å². The maximum Gasteiger partial charge on any atom is 0.330 e. The van der Waals surface area contributed by atoms with Crippen LogP contribution in [0.3, 0.4) is 0 Å². The molecule has 0 aromatic carbocycles. The summed E-state index contributed by atoms with van der Waals surface area (Å²) in [6.45, 7) is 5.73. The average molecular weight is 232 g/mol. The van der Waals surface area contributed by atoms with Crippen LogP contribution in [0.15, 0.2) is 12.7 Å². The lowest BCUT2D eigenvalue weighted by Gasteiger charge is -2.48. The zero-order chi connectivity index (χ0) is 11.8. The van der Waals surface area contributed by atoms with Crippen LogP contribution in [0.5, 0.6) is 0 Å². The van der Waals surface area contributed by atoms with Gasteiger partial charge in [0, 0.05) is 12.0 Å². The van der Waals surface area contributed by atoms with Crippen molar-refractivity contribution < 1.29 is 9.53 Å². The monoisotopic (exact) mass is 232 g/mol. The highest BCUT2D eigenvalue weighted by molar-refractivity contribution is 5.81. The van der Waals surface area contributed by atoms with Crippen molar-refractivity contribution in [2.75, 3.05) is 0 Å². The summed E-state index contributed by atoms with van der Waals surface area (Å²) in [6.07, 6.45) is 7.75. The summed E-state index contributed by atoms with van der Waals surface area (Å²) < 4.78 is 5.87.